The summed E-state index contributed by atoms with van der Waals surface area (Å²) < 4.78 is 49.9. The molecule has 34 heavy (non-hydrogen) atoms. The highest BCUT2D eigenvalue weighted by molar-refractivity contribution is 5.97. The van der Waals surface area contributed by atoms with Crippen LogP contribution < -0.4 is 15.8 Å². The van der Waals surface area contributed by atoms with Gasteiger partial charge in [-0.1, -0.05) is 12.8 Å². The Hall–Kier alpha value is -3.82. The Morgan fingerprint density at radius 3 is 2.50 bits per heavy atom. The topological polar surface area (TPSA) is 99.2 Å². The zero-order valence-corrected chi connectivity index (χ0v) is 18.4. The molecule has 1 aliphatic carbocycles. The van der Waals surface area contributed by atoms with E-state index in [0.29, 0.717) is 6.29 Å². The van der Waals surface area contributed by atoms with Crippen molar-refractivity contribution in [1.82, 2.24) is 15.1 Å². The summed E-state index contributed by atoms with van der Waals surface area (Å²) in [5.74, 6) is -3.01. The summed E-state index contributed by atoms with van der Waals surface area (Å²) in [6, 6.07) is 5.50. The second kappa shape index (κ2) is 9.58. The summed E-state index contributed by atoms with van der Waals surface area (Å²) in [6.45, 7) is -0.490. The van der Waals surface area contributed by atoms with Crippen LogP contribution in [0.15, 0.2) is 30.3 Å². The van der Waals surface area contributed by atoms with Crippen molar-refractivity contribution in [2.24, 2.45) is 0 Å². The average molecular weight is 472 g/mol. The van der Waals surface area contributed by atoms with Gasteiger partial charge in [-0.05, 0) is 43.2 Å². The van der Waals surface area contributed by atoms with Crippen molar-refractivity contribution in [2.75, 3.05) is 12.8 Å². The Morgan fingerprint density at radius 2 is 1.88 bits per heavy atom. The number of nitrogens with one attached hydrogen (secondary N) is 1. The number of rotatable bonds is 7. The SMILES string of the molecule is COc1ccc(F)cc1C(=O)NCc1c(F)cc(-c2nn(C3CCCC3)c(N)c2C=O)cc1F. The predicted molar refractivity (Wildman–Crippen MR) is 119 cm³/mol. The van der Waals surface area contributed by atoms with Crippen molar-refractivity contribution in [3.63, 3.8) is 0 Å². The van der Waals surface area contributed by atoms with Crippen molar-refractivity contribution < 1.29 is 27.5 Å². The molecule has 3 N–H and O–H groups in total. The van der Waals surface area contributed by atoms with E-state index in [-0.39, 0.29) is 40.0 Å². The Labute approximate surface area is 193 Å². The average Bonchev–Trinajstić information content (AvgIpc) is 3.45. The first-order valence-electron chi connectivity index (χ1n) is 10.8. The number of nitrogen functional groups attached to an aromatic ring is 1. The van der Waals surface area contributed by atoms with Crippen LogP contribution in [0.4, 0.5) is 19.0 Å². The van der Waals surface area contributed by atoms with E-state index in [1.54, 1.807) is 4.68 Å². The van der Waals surface area contributed by atoms with Crippen molar-refractivity contribution in [3.05, 3.63) is 64.5 Å². The number of anilines is 1. The highest BCUT2D eigenvalue weighted by atomic mass is 19.1. The fourth-order valence-corrected chi connectivity index (χ4v) is 4.25. The number of hydrogen-bond acceptors (Lipinski definition) is 5. The van der Waals surface area contributed by atoms with Crippen molar-refractivity contribution in [1.29, 1.82) is 0 Å². The molecule has 0 bridgehead atoms. The number of halogens is 3. The zero-order chi connectivity index (χ0) is 24.4. The number of ether oxygens (including phenoxy) is 1. The molecule has 3 aromatic rings. The van der Waals surface area contributed by atoms with E-state index in [0.717, 1.165) is 49.9 Å². The first kappa shape index (κ1) is 23.3. The lowest BCUT2D eigenvalue weighted by Crippen LogP contribution is -2.24. The maximum Gasteiger partial charge on any atom is 0.255 e. The molecule has 0 radical (unpaired) electrons. The number of aromatic nitrogens is 2. The van der Waals surface area contributed by atoms with E-state index in [9.17, 15) is 22.8 Å². The van der Waals surface area contributed by atoms with Gasteiger partial charge in [0.25, 0.3) is 5.91 Å². The number of methoxy groups -OCH3 is 1. The number of amides is 1. The molecule has 178 valence electrons. The van der Waals surface area contributed by atoms with Gasteiger partial charge in [0.1, 0.15) is 34.7 Å². The van der Waals surface area contributed by atoms with Crippen LogP contribution in [0.5, 0.6) is 5.75 Å². The van der Waals surface area contributed by atoms with E-state index in [1.807, 2.05) is 0 Å². The molecule has 1 aliphatic rings. The molecule has 0 saturated heterocycles. The summed E-state index contributed by atoms with van der Waals surface area (Å²) in [7, 11) is 1.32. The predicted octanol–water partition coefficient (Wildman–Crippen LogP) is 4.42. The van der Waals surface area contributed by atoms with E-state index in [2.05, 4.69) is 10.4 Å². The molecule has 1 heterocycles. The van der Waals surface area contributed by atoms with Gasteiger partial charge in [0.05, 0.1) is 24.3 Å². The maximum atomic E-state index is 14.9. The normalized spacial score (nSPS) is 13.8. The van der Waals surface area contributed by atoms with Crippen LogP contribution in [0.3, 0.4) is 0 Å². The monoisotopic (exact) mass is 472 g/mol. The minimum Gasteiger partial charge on any atom is -0.496 e. The molecule has 0 aliphatic heterocycles. The van der Waals surface area contributed by atoms with Crippen LogP contribution in [0.1, 0.15) is 58.0 Å². The lowest BCUT2D eigenvalue weighted by Gasteiger charge is -2.12. The van der Waals surface area contributed by atoms with Gasteiger partial charge < -0.3 is 15.8 Å². The minimum atomic E-state index is -0.938. The molecule has 1 amide bonds. The number of carbonyl (C=O) groups is 2. The molecule has 10 heteroatoms. The smallest absolute Gasteiger partial charge is 0.255 e. The van der Waals surface area contributed by atoms with Crippen LogP contribution in [-0.4, -0.2) is 29.1 Å². The molecule has 4 rings (SSSR count). The van der Waals surface area contributed by atoms with Gasteiger partial charge in [-0.2, -0.15) is 5.10 Å². The van der Waals surface area contributed by atoms with Crippen LogP contribution >= 0.6 is 0 Å². The third-order valence-corrected chi connectivity index (χ3v) is 6.02. The van der Waals surface area contributed by atoms with E-state index >= 15 is 0 Å². The van der Waals surface area contributed by atoms with Crippen molar-refractivity contribution >= 4 is 18.0 Å². The van der Waals surface area contributed by atoms with Gasteiger partial charge in [0.2, 0.25) is 0 Å². The molecule has 7 nitrogen and oxygen atoms in total. The van der Waals surface area contributed by atoms with Crippen LogP contribution in [0, 0.1) is 17.5 Å². The lowest BCUT2D eigenvalue weighted by molar-refractivity contribution is 0.0946. The van der Waals surface area contributed by atoms with Crippen molar-refractivity contribution in [3.8, 4) is 17.0 Å². The van der Waals surface area contributed by atoms with Gasteiger partial charge in [-0.15, -0.1) is 0 Å². The van der Waals surface area contributed by atoms with E-state index in [1.165, 1.54) is 13.2 Å². The number of aldehydes is 1. The highest BCUT2D eigenvalue weighted by Gasteiger charge is 2.26. The third kappa shape index (κ3) is 4.35. The van der Waals surface area contributed by atoms with Crippen LogP contribution in [-0.2, 0) is 6.54 Å². The minimum absolute atomic E-state index is 0.0384. The molecule has 0 spiro atoms. The summed E-state index contributed by atoms with van der Waals surface area (Å²) >= 11 is 0. The highest BCUT2D eigenvalue weighted by Crippen LogP contribution is 2.35. The molecule has 2 aromatic carbocycles. The maximum absolute atomic E-state index is 14.9. The van der Waals surface area contributed by atoms with Crippen LogP contribution in [0.25, 0.3) is 11.3 Å². The second-order valence-corrected chi connectivity index (χ2v) is 8.09. The fraction of sp³-hybridized carbons (Fsp3) is 0.292. The molecule has 1 fully saturated rings. The number of nitrogens with two attached hydrogens (primary N) is 1. The summed E-state index contributed by atoms with van der Waals surface area (Å²) in [5, 5.41) is 6.76. The number of nitrogens with zero attached hydrogens (tertiary/aromatic N) is 2. The fourth-order valence-electron chi connectivity index (χ4n) is 4.25. The van der Waals surface area contributed by atoms with Gasteiger partial charge in [0.15, 0.2) is 6.29 Å². The molecule has 0 atom stereocenters. The quantitative estimate of drug-likeness (QED) is 0.496. The Morgan fingerprint density at radius 1 is 1.21 bits per heavy atom. The van der Waals surface area contributed by atoms with Gasteiger partial charge in [-0.25, -0.2) is 17.9 Å². The van der Waals surface area contributed by atoms with Gasteiger partial charge in [-0.3, -0.25) is 9.59 Å². The molecule has 0 unspecified atom stereocenters. The van der Waals surface area contributed by atoms with Crippen LogP contribution in [0.2, 0.25) is 0 Å². The van der Waals surface area contributed by atoms with E-state index in [4.69, 9.17) is 10.5 Å². The largest absolute Gasteiger partial charge is 0.496 e. The first-order chi connectivity index (χ1) is 16.3. The number of benzene rings is 2. The Kier molecular flexibility index (Phi) is 6.58. The lowest BCUT2D eigenvalue weighted by atomic mass is 10.0. The van der Waals surface area contributed by atoms with Gasteiger partial charge >= 0.3 is 0 Å². The summed E-state index contributed by atoms with van der Waals surface area (Å²) in [5.41, 5.74) is 5.82. The molecular formula is C24H23F3N4O3. The zero-order valence-electron chi connectivity index (χ0n) is 18.4. The first-order valence-corrected chi connectivity index (χ1v) is 10.8. The third-order valence-electron chi connectivity index (χ3n) is 6.02. The molecular weight excluding hydrogens is 449 g/mol. The van der Waals surface area contributed by atoms with Gasteiger partial charge in [0, 0.05) is 17.7 Å². The van der Waals surface area contributed by atoms with E-state index < -0.39 is 35.5 Å². The summed E-state index contributed by atoms with van der Waals surface area (Å²) in [6.07, 6.45) is 4.28. The number of hydrogen-bond donors (Lipinski definition) is 2. The molecule has 1 saturated carbocycles. The Balaban J connectivity index is 1.60. The molecule has 1 aromatic heterocycles. The van der Waals surface area contributed by atoms with Crippen molar-refractivity contribution in [2.45, 2.75) is 38.3 Å². The standard InChI is InChI=1S/C24H23F3N4O3/c1-34-21-7-6-14(25)10-16(21)24(33)29-11-17-19(26)8-13(9-20(17)27)22-18(12-32)23(28)31(30-22)15-4-2-3-5-15/h6-10,12,15H,2-5,11,28H2,1H3,(H,29,33). The Bertz CT molecular complexity index is 1230. The summed E-state index contributed by atoms with van der Waals surface area (Å²) in [4.78, 5) is 24.1. The number of carbonyl (C=O) groups excluding carboxylic acids is 2. The second-order valence-electron chi connectivity index (χ2n) is 8.09.